The number of ether oxygens (including phenoxy) is 2. The van der Waals surface area contributed by atoms with Gasteiger partial charge in [0.05, 0.1) is 13.7 Å². The Morgan fingerprint density at radius 3 is 2.65 bits per heavy atom. The summed E-state index contributed by atoms with van der Waals surface area (Å²) in [5.74, 6) is 1.24. The molecular weight excluding hydrogens is 278 g/mol. The predicted molar refractivity (Wildman–Crippen MR) is 77.2 cm³/mol. The lowest BCUT2D eigenvalue weighted by Crippen LogP contribution is -2.49. The average molecular weight is 297 g/mol. The lowest BCUT2D eigenvalue weighted by Gasteiger charge is -2.29. The number of carbonyl (C=O) groups is 1. The minimum Gasteiger partial charge on any atom is -0.494 e. The summed E-state index contributed by atoms with van der Waals surface area (Å²) in [6.07, 6.45) is 0. The molecule has 0 aromatic heterocycles. The van der Waals surface area contributed by atoms with E-state index in [2.05, 4.69) is 5.32 Å². The Hall–Kier alpha value is -1.40. The van der Waals surface area contributed by atoms with Gasteiger partial charge in [-0.2, -0.15) is 0 Å². The van der Waals surface area contributed by atoms with Crippen LogP contribution in [-0.2, 0) is 20.3 Å². The first-order valence-electron chi connectivity index (χ1n) is 6.55. The molecule has 20 heavy (non-hydrogen) atoms. The van der Waals surface area contributed by atoms with Crippen LogP contribution in [0.25, 0.3) is 0 Å². The van der Waals surface area contributed by atoms with Crippen molar-refractivity contribution in [1.82, 2.24) is 5.32 Å². The molecule has 1 aliphatic rings. The Kier molecular flexibility index (Phi) is 5.14. The third kappa shape index (κ3) is 3.58. The molecule has 1 fully saturated rings. The van der Waals surface area contributed by atoms with Crippen molar-refractivity contribution in [2.45, 2.75) is 19.0 Å². The summed E-state index contributed by atoms with van der Waals surface area (Å²) in [5.41, 5.74) is 0.996. The van der Waals surface area contributed by atoms with Crippen molar-refractivity contribution < 1.29 is 18.5 Å². The Bertz CT molecular complexity index is 488. The van der Waals surface area contributed by atoms with Crippen LogP contribution in [0.15, 0.2) is 24.3 Å². The maximum atomic E-state index is 11.9. The van der Waals surface area contributed by atoms with Crippen LogP contribution in [0.1, 0.15) is 18.5 Å². The molecule has 0 aliphatic carbocycles. The molecule has 110 valence electrons. The molecule has 1 heterocycles. The molecule has 0 amide bonds. The zero-order valence-electron chi connectivity index (χ0n) is 11.6. The number of nitrogens with one attached hydrogen (secondary N) is 1. The summed E-state index contributed by atoms with van der Waals surface area (Å²) >= 11 is 0. The number of rotatable bonds is 4. The molecule has 1 aromatic carbocycles. The van der Waals surface area contributed by atoms with Gasteiger partial charge in [0.15, 0.2) is 0 Å². The lowest BCUT2D eigenvalue weighted by molar-refractivity contribution is -0.142. The van der Waals surface area contributed by atoms with Crippen LogP contribution < -0.4 is 10.1 Å². The number of carbonyl (C=O) groups excluding carboxylic acids is 1. The van der Waals surface area contributed by atoms with Crippen molar-refractivity contribution in [3.63, 3.8) is 0 Å². The Morgan fingerprint density at radius 2 is 2.05 bits per heavy atom. The summed E-state index contributed by atoms with van der Waals surface area (Å²) in [4.78, 5) is 11.6. The van der Waals surface area contributed by atoms with Gasteiger partial charge in [0, 0.05) is 28.3 Å². The van der Waals surface area contributed by atoms with Crippen molar-refractivity contribution in [2.75, 3.05) is 25.2 Å². The van der Waals surface area contributed by atoms with E-state index in [1.54, 1.807) is 0 Å². The standard InChI is InChI=1S/C14H19NO4S/c1-3-19-11-6-4-10(5-7-11)12-8-20(17)9-13(15-12)14(16)18-2/h4-7,12-13,15H,3,8-9H2,1-2H3. The van der Waals surface area contributed by atoms with Crippen molar-refractivity contribution >= 4 is 16.8 Å². The van der Waals surface area contributed by atoms with Crippen LogP contribution in [0, 0.1) is 0 Å². The molecule has 3 unspecified atom stereocenters. The molecule has 6 heteroatoms. The van der Waals surface area contributed by atoms with E-state index in [-0.39, 0.29) is 12.0 Å². The van der Waals surface area contributed by atoms with Crippen LogP contribution in [0.5, 0.6) is 5.75 Å². The lowest BCUT2D eigenvalue weighted by atomic mass is 10.1. The van der Waals surface area contributed by atoms with Gasteiger partial charge in [-0.15, -0.1) is 0 Å². The highest BCUT2D eigenvalue weighted by atomic mass is 32.2. The molecule has 0 bridgehead atoms. The number of hydrogen-bond acceptors (Lipinski definition) is 5. The SMILES string of the molecule is CCOc1ccc(C2CS(=O)CC(C(=O)OC)N2)cc1. The fourth-order valence-electron chi connectivity index (χ4n) is 2.21. The van der Waals surface area contributed by atoms with E-state index in [4.69, 9.17) is 9.47 Å². The van der Waals surface area contributed by atoms with Crippen LogP contribution in [0.4, 0.5) is 0 Å². The number of esters is 1. The fraction of sp³-hybridized carbons (Fsp3) is 0.500. The van der Waals surface area contributed by atoms with Crippen molar-refractivity contribution in [3.05, 3.63) is 29.8 Å². The molecule has 2 rings (SSSR count). The Balaban J connectivity index is 2.10. The van der Waals surface area contributed by atoms with Crippen molar-refractivity contribution in [2.24, 2.45) is 0 Å². The topological polar surface area (TPSA) is 64.6 Å². The van der Waals surface area contributed by atoms with E-state index in [0.717, 1.165) is 11.3 Å². The zero-order chi connectivity index (χ0) is 14.5. The maximum Gasteiger partial charge on any atom is 0.323 e. The predicted octanol–water partition coefficient (Wildman–Crippen LogP) is 1.02. The minimum atomic E-state index is -1.03. The molecule has 1 aromatic rings. The smallest absolute Gasteiger partial charge is 0.323 e. The summed E-state index contributed by atoms with van der Waals surface area (Å²) in [6.45, 7) is 2.55. The molecule has 5 nitrogen and oxygen atoms in total. The van der Waals surface area contributed by atoms with E-state index in [1.807, 2.05) is 31.2 Å². The largest absolute Gasteiger partial charge is 0.494 e. The number of methoxy groups -OCH3 is 1. The third-order valence-corrected chi connectivity index (χ3v) is 4.60. The van der Waals surface area contributed by atoms with E-state index >= 15 is 0 Å². The quantitative estimate of drug-likeness (QED) is 0.841. The molecule has 0 spiro atoms. The van der Waals surface area contributed by atoms with Gasteiger partial charge in [0.1, 0.15) is 11.8 Å². The van der Waals surface area contributed by atoms with E-state index in [9.17, 15) is 9.00 Å². The third-order valence-electron chi connectivity index (χ3n) is 3.19. The van der Waals surface area contributed by atoms with E-state index in [1.165, 1.54) is 7.11 Å². The monoisotopic (exact) mass is 297 g/mol. The minimum absolute atomic E-state index is 0.107. The van der Waals surface area contributed by atoms with Gasteiger partial charge >= 0.3 is 5.97 Å². The second-order valence-corrected chi connectivity index (χ2v) is 6.12. The van der Waals surface area contributed by atoms with Crippen LogP contribution in [0.3, 0.4) is 0 Å². The Labute approximate surface area is 121 Å². The maximum absolute atomic E-state index is 11.9. The first-order chi connectivity index (χ1) is 9.63. The highest BCUT2D eigenvalue weighted by Crippen LogP contribution is 2.22. The molecule has 1 N–H and O–H groups in total. The second-order valence-electron chi connectivity index (χ2n) is 4.57. The highest BCUT2D eigenvalue weighted by molar-refractivity contribution is 7.85. The molecule has 0 radical (unpaired) electrons. The number of benzene rings is 1. The van der Waals surface area contributed by atoms with Gasteiger partial charge in [-0.1, -0.05) is 12.1 Å². The van der Waals surface area contributed by atoms with Gasteiger partial charge < -0.3 is 9.47 Å². The first-order valence-corrected chi connectivity index (χ1v) is 8.04. The molecule has 1 aliphatic heterocycles. The molecule has 3 atom stereocenters. The summed E-state index contributed by atoms with van der Waals surface area (Å²) in [7, 11) is 0.314. The fourth-order valence-corrected chi connectivity index (χ4v) is 3.61. The average Bonchev–Trinajstić information content (AvgIpc) is 2.47. The number of hydrogen-bond donors (Lipinski definition) is 1. The van der Waals surface area contributed by atoms with Crippen LogP contribution in [0.2, 0.25) is 0 Å². The highest BCUT2D eigenvalue weighted by Gasteiger charge is 2.31. The van der Waals surface area contributed by atoms with E-state index < -0.39 is 16.8 Å². The van der Waals surface area contributed by atoms with Gasteiger partial charge in [0.2, 0.25) is 0 Å². The van der Waals surface area contributed by atoms with Gasteiger partial charge in [-0.3, -0.25) is 14.3 Å². The van der Waals surface area contributed by atoms with Crippen LogP contribution >= 0.6 is 0 Å². The van der Waals surface area contributed by atoms with Crippen molar-refractivity contribution in [3.8, 4) is 5.75 Å². The summed E-state index contributed by atoms with van der Waals surface area (Å²) in [5, 5.41) is 3.19. The summed E-state index contributed by atoms with van der Waals surface area (Å²) < 4.78 is 22.0. The first kappa shape index (κ1) is 15.0. The normalized spacial score (nSPS) is 26.0. The zero-order valence-corrected chi connectivity index (χ0v) is 12.4. The second kappa shape index (κ2) is 6.85. The summed E-state index contributed by atoms with van der Waals surface area (Å²) in [6, 6.07) is 7.01. The molecule has 0 saturated carbocycles. The van der Waals surface area contributed by atoms with E-state index in [0.29, 0.717) is 18.1 Å². The van der Waals surface area contributed by atoms with Gasteiger partial charge in [0.25, 0.3) is 0 Å². The molecule has 1 saturated heterocycles. The van der Waals surface area contributed by atoms with Gasteiger partial charge in [-0.05, 0) is 24.6 Å². The Morgan fingerprint density at radius 1 is 1.35 bits per heavy atom. The van der Waals surface area contributed by atoms with Gasteiger partial charge in [-0.25, -0.2) is 0 Å². The van der Waals surface area contributed by atoms with Crippen molar-refractivity contribution in [1.29, 1.82) is 0 Å². The van der Waals surface area contributed by atoms with Crippen LogP contribution in [-0.4, -0.2) is 41.4 Å². The molecular formula is C14H19NO4S.